The van der Waals surface area contributed by atoms with Gasteiger partial charge in [-0.25, -0.2) is 0 Å². The van der Waals surface area contributed by atoms with E-state index in [1.807, 2.05) is 0 Å². The molecule has 242 valence electrons. The van der Waals surface area contributed by atoms with Crippen LogP contribution in [0.2, 0.25) is 0 Å². The maximum atomic E-state index is 6.80. The van der Waals surface area contributed by atoms with Gasteiger partial charge in [-0.3, -0.25) is 0 Å². The van der Waals surface area contributed by atoms with Gasteiger partial charge in [0.15, 0.2) is 0 Å². The van der Waals surface area contributed by atoms with Crippen molar-refractivity contribution in [3.05, 3.63) is 188 Å². The Bertz CT molecular complexity index is 3170. The number of rotatable bonds is 4. The summed E-state index contributed by atoms with van der Waals surface area (Å²) in [5.74, 6) is 0. The highest BCUT2D eigenvalue weighted by atomic mass is 16.3. The lowest BCUT2D eigenvalue weighted by molar-refractivity contribution is 0.670. The fraction of sp³-hybridized carbons (Fsp3) is 0. The summed E-state index contributed by atoms with van der Waals surface area (Å²) in [6.07, 6.45) is 0. The van der Waals surface area contributed by atoms with Crippen LogP contribution in [0.25, 0.3) is 104 Å². The number of nitrogens with zero attached hydrogens (tertiary/aromatic N) is 1. The molecular formula is C50H31NO. The van der Waals surface area contributed by atoms with Gasteiger partial charge in [0.05, 0.1) is 16.7 Å². The normalized spacial score (nSPS) is 11.8. The molecule has 2 nitrogen and oxygen atoms in total. The first-order valence-corrected chi connectivity index (χ1v) is 17.8. The molecule has 0 amide bonds. The summed E-state index contributed by atoms with van der Waals surface area (Å²) in [6, 6.07) is 68.0. The molecule has 0 atom stereocenters. The van der Waals surface area contributed by atoms with Crippen molar-refractivity contribution in [2.45, 2.75) is 0 Å². The van der Waals surface area contributed by atoms with Crippen molar-refractivity contribution >= 4 is 65.3 Å². The van der Waals surface area contributed by atoms with E-state index >= 15 is 0 Å². The molecule has 0 saturated carbocycles. The third-order valence-electron chi connectivity index (χ3n) is 10.8. The third-order valence-corrected chi connectivity index (χ3v) is 10.8. The van der Waals surface area contributed by atoms with Crippen LogP contribution in [0.3, 0.4) is 0 Å². The standard InChI is InChI=1S/C50H31NO/c1-3-13-32(14-4-1)34-24-26-49-44(27-34)45-29-37(33-15-5-2-6-16-33)28-43(50(45)52-49)36-23-25-42-41-21-11-12-22-46(41)51(48(42)31-36)47-30-35-17-7-8-18-38(35)39-19-9-10-20-40(39)47/h1-31H. The van der Waals surface area contributed by atoms with Gasteiger partial charge in [0.1, 0.15) is 11.2 Å². The largest absolute Gasteiger partial charge is 0.455 e. The average molecular weight is 662 g/mol. The van der Waals surface area contributed by atoms with Crippen LogP contribution in [0.5, 0.6) is 0 Å². The van der Waals surface area contributed by atoms with Crippen molar-refractivity contribution in [3.63, 3.8) is 0 Å². The second-order valence-corrected chi connectivity index (χ2v) is 13.7. The first-order chi connectivity index (χ1) is 25.8. The molecule has 11 aromatic rings. The van der Waals surface area contributed by atoms with E-state index in [2.05, 4.69) is 193 Å². The Morgan fingerprint density at radius 3 is 1.75 bits per heavy atom. The maximum absolute atomic E-state index is 6.80. The predicted molar refractivity (Wildman–Crippen MR) is 219 cm³/mol. The summed E-state index contributed by atoms with van der Waals surface area (Å²) in [7, 11) is 0. The highest BCUT2D eigenvalue weighted by Crippen LogP contribution is 2.43. The molecule has 0 aliphatic rings. The lowest BCUT2D eigenvalue weighted by Gasteiger charge is -2.15. The number of hydrogen-bond acceptors (Lipinski definition) is 1. The van der Waals surface area contributed by atoms with Crippen LogP contribution in [0.4, 0.5) is 0 Å². The molecular weight excluding hydrogens is 631 g/mol. The molecule has 52 heavy (non-hydrogen) atoms. The molecule has 2 heterocycles. The molecule has 0 N–H and O–H groups in total. The van der Waals surface area contributed by atoms with E-state index in [9.17, 15) is 0 Å². The van der Waals surface area contributed by atoms with Gasteiger partial charge >= 0.3 is 0 Å². The molecule has 0 radical (unpaired) electrons. The summed E-state index contributed by atoms with van der Waals surface area (Å²) in [4.78, 5) is 0. The Morgan fingerprint density at radius 1 is 0.327 bits per heavy atom. The van der Waals surface area contributed by atoms with Crippen LogP contribution in [0.1, 0.15) is 0 Å². The molecule has 0 aliphatic carbocycles. The summed E-state index contributed by atoms with van der Waals surface area (Å²) < 4.78 is 9.27. The Morgan fingerprint density at radius 2 is 0.942 bits per heavy atom. The molecule has 0 bridgehead atoms. The van der Waals surface area contributed by atoms with E-state index in [1.54, 1.807) is 0 Å². The van der Waals surface area contributed by atoms with Crippen molar-refractivity contribution in [1.82, 2.24) is 4.57 Å². The lowest BCUT2D eigenvalue weighted by Crippen LogP contribution is -1.96. The Hall–Kier alpha value is -6.90. The molecule has 9 aromatic carbocycles. The van der Waals surface area contributed by atoms with E-state index in [-0.39, 0.29) is 0 Å². The van der Waals surface area contributed by atoms with Crippen molar-refractivity contribution < 1.29 is 4.42 Å². The quantitative estimate of drug-likeness (QED) is 0.172. The van der Waals surface area contributed by atoms with Crippen molar-refractivity contribution in [2.75, 3.05) is 0 Å². The number of benzene rings is 9. The Labute approximate surface area is 300 Å². The van der Waals surface area contributed by atoms with Gasteiger partial charge in [0, 0.05) is 32.5 Å². The van der Waals surface area contributed by atoms with E-state index in [0.29, 0.717) is 0 Å². The van der Waals surface area contributed by atoms with Crippen LogP contribution in [0, 0.1) is 0 Å². The van der Waals surface area contributed by atoms with Gasteiger partial charge in [0.2, 0.25) is 0 Å². The fourth-order valence-corrected chi connectivity index (χ4v) is 8.32. The summed E-state index contributed by atoms with van der Waals surface area (Å²) in [6.45, 7) is 0. The SMILES string of the molecule is c1ccc(-c2ccc3oc4c(-c5ccc6c7ccccc7n(-c7cc8ccccc8c8ccccc78)c6c5)cc(-c5ccccc5)cc4c3c2)cc1. The minimum Gasteiger partial charge on any atom is -0.455 e. The van der Waals surface area contributed by atoms with Crippen LogP contribution in [-0.2, 0) is 0 Å². The minimum atomic E-state index is 0.888. The lowest BCUT2D eigenvalue weighted by atomic mass is 9.94. The van der Waals surface area contributed by atoms with Gasteiger partial charge in [-0.2, -0.15) is 0 Å². The molecule has 0 fully saturated rings. The topological polar surface area (TPSA) is 18.1 Å². The summed E-state index contributed by atoms with van der Waals surface area (Å²) >= 11 is 0. The molecule has 2 heteroatoms. The van der Waals surface area contributed by atoms with Gasteiger partial charge in [-0.05, 0) is 86.4 Å². The van der Waals surface area contributed by atoms with Crippen LogP contribution >= 0.6 is 0 Å². The van der Waals surface area contributed by atoms with Gasteiger partial charge in [-0.1, -0.05) is 146 Å². The number of para-hydroxylation sites is 1. The van der Waals surface area contributed by atoms with Gasteiger partial charge in [-0.15, -0.1) is 0 Å². The number of furan rings is 1. The van der Waals surface area contributed by atoms with E-state index in [4.69, 9.17) is 4.42 Å². The first-order valence-electron chi connectivity index (χ1n) is 17.8. The molecule has 0 saturated heterocycles. The molecule has 2 aromatic heterocycles. The summed E-state index contributed by atoms with van der Waals surface area (Å²) in [5.41, 5.74) is 12.2. The van der Waals surface area contributed by atoms with Crippen LogP contribution < -0.4 is 0 Å². The summed E-state index contributed by atoms with van der Waals surface area (Å²) in [5, 5.41) is 9.68. The molecule has 0 unspecified atom stereocenters. The first kappa shape index (κ1) is 28.9. The zero-order chi connectivity index (χ0) is 34.2. The highest BCUT2D eigenvalue weighted by molar-refractivity contribution is 6.17. The molecule has 0 aliphatic heterocycles. The maximum Gasteiger partial charge on any atom is 0.143 e. The molecule has 0 spiro atoms. The van der Waals surface area contributed by atoms with E-state index < -0.39 is 0 Å². The van der Waals surface area contributed by atoms with Crippen LogP contribution in [-0.4, -0.2) is 4.57 Å². The molecule has 11 rings (SSSR count). The van der Waals surface area contributed by atoms with Gasteiger partial charge < -0.3 is 8.98 Å². The predicted octanol–water partition coefficient (Wildman–Crippen LogP) is 14.0. The third kappa shape index (κ3) is 4.38. The monoisotopic (exact) mass is 661 g/mol. The number of fused-ring (bicyclic) bond motifs is 9. The number of hydrogen-bond donors (Lipinski definition) is 0. The number of aromatic nitrogens is 1. The minimum absolute atomic E-state index is 0.888. The van der Waals surface area contributed by atoms with Crippen LogP contribution in [0.15, 0.2) is 192 Å². The second-order valence-electron chi connectivity index (χ2n) is 13.7. The second kappa shape index (κ2) is 11.3. The van der Waals surface area contributed by atoms with Crippen molar-refractivity contribution in [1.29, 1.82) is 0 Å². The average Bonchev–Trinajstić information content (AvgIpc) is 3.76. The smallest absolute Gasteiger partial charge is 0.143 e. The fourth-order valence-electron chi connectivity index (χ4n) is 8.32. The van der Waals surface area contributed by atoms with E-state index in [1.165, 1.54) is 65.7 Å². The van der Waals surface area contributed by atoms with Crippen molar-refractivity contribution in [2.24, 2.45) is 0 Å². The Kier molecular flexibility index (Phi) is 6.28. The zero-order valence-corrected chi connectivity index (χ0v) is 28.3. The highest BCUT2D eigenvalue weighted by Gasteiger charge is 2.20. The Balaban J connectivity index is 1.21. The zero-order valence-electron chi connectivity index (χ0n) is 28.3. The van der Waals surface area contributed by atoms with E-state index in [0.717, 1.165) is 38.6 Å². The van der Waals surface area contributed by atoms with Crippen molar-refractivity contribution in [3.8, 4) is 39.1 Å². The van der Waals surface area contributed by atoms with Gasteiger partial charge in [0.25, 0.3) is 0 Å².